The first-order valence-corrected chi connectivity index (χ1v) is 5.43. The van der Waals surface area contributed by atoms with Crippen molar-refractivity contribution in [2.75, 3.05) is 7.05 Å². The van der Waals surface area contributed by atoms with E-state index in [4.69, 9.17) is 5.73 Å². The van der Waals surface area contributed by atoms with E-state index in [0.717, 1.165) is 11.1 Å². The van der Waals surface area contributed by atoms with Crippen molar-refractivity contribution in [3.8, 4) is 0 Å². The van der Waals surface area contributed by atoms with E-state index in [2.05, 4.69) is 4.99 Å². The van der Waals surface area contributed by atoms with Crippen molar-refractivity contribution in [2.45, 2.75) is 0 Å². The van der Waals surface area contributed by atoms with Crippen molar-refractivity contribution < 1.29 is 0 Å². The van der Waals surface area contributed by atoms with Gasteiger partial charge in [-0.1, -0.05) is 30.3 Å². The number of nitrogens with two attached hydrogens (primary N) is 1. The molecule has 0 amide bonds. The molecular weight excluding hydrogens is 210 g/mol. The molecule has 0 saturated heterocycles. The molecule has 0 bridgehead atoms. The molecule has 0 spiro atoms. The van der Waals surface area contributed by atoms with E-state index in [1.807, 2.05) is 59.4 Å². The summed E-state index contributed by atoms with van der Waals surface area (Å²) in [5.74, 6) is 0.673. The average Bonchev–Trinajstić information content (AvgIpc) is 2.90. The van der Waals surface area contributed by atoms with Gasteiger partial charge >= 0.3 is 0 Å². The topological polar surface area (TPSA) is 43.3 Å². The zero-order chi connectivity index (χ0) is 12.1. The smallest absolute Gasteiger partial charge is 0.116 e. The van der Waals surface area contributed by atoms with Crippen LogP contribution in [0, 0.1) is 0 Å². The summed E-state index contributed by atoms with van der Waals surface area (Å²) >= 11 is 0. The van der Waals surface area contributed by atoms with Crippen molar-refractivity contribution in [1.82, 2.24) is 4.57 Å². The normalized spacial score (nSPS) is 12.8. The molecule has 0 saturated carbocycles. The van der Waals surface area contributed by atoms with Gasteiger partial charge in [0.05, 0.1) is 0 Å². The van der Waals surface area contributed by atoms with Crippen molar-refractivity contribution in [3.63, 3.8) is 0 Å². The number of rotatable bonds is 3. The molecule has 1 aromatic carbocycles. The van der Waals surface area contributed by atoms with E-state index in [1.165, 1.54) is 0 Å². The molecular formula is C14H15N3. The highest BCUT2D eigenvalue weighted by Gasteiger charge is 2.05. The van der Waals surface area contributed by atoms with Gasteiger partial charge in [-0.25, -0.2) is 0 Å². The largest absolute Gasteiger partial charge is 0.384 e. The average molecular weight is 225 g/mol. The standard InChI is InChI=1S/C14H15N3/c1-16-11-13(12-7-3-2-4-8-12)14(15)17-9-5-6-10-17/h2-11H,15H2,1H3. The predicted octanol–water partition coefficient (Wildman–Crippen LogP) is 2.47. The zero-order valence-corrected chi connectivity index (χ0v) is 9.75. The molecule has 1 heterocycles. The summed E-state index contributed by atoms with van der Waals surface area (Å²) in [7, 11) is 1.74. The van der Waals surface area contributed by atoms with Gasteiger partial charge in [-0.05, 0) is 17.7 Å². The van der Waals surface area contributed by atoms with E-state index in [0.29, 0.717) is 5.82 Å². The molecule has 0 fully saturated rings. The second-order valence-corrected chi connectivity index (χ2v) is 3.64. The van der Waals surface area contributed by atoms with E-state index < -0.39 is 0 Å². The molecule has 2 N–H and O–H groups in total. The molecule has 0 aliphatic heterocycles. The number of allylic oxidation sites excluding steroid dienone is 1. The maximum atomic E-state index is 6.15. The molecule has 0 aliphatic carbocycles. The number of aromatic nitrogens is 1. The lowest BCUT2D eigenvalue weighted by molar-refractivity contribution is 1.09. The van der Waals surface area contributed by atoms with Gasteiger partial charge < -0.3 is 10.3 Å². The van der Waals surface area contributed by atoms with Crippen LogP contribution in [0.4, 0.5) is 0 Å². The summed E-state index contributed by atoms with van der Waals surface area (Å²) < 4.78 is 1.88. The molecule has 3 nitrogen and oxygen atoms in total. The third-order valence-electron chi connectivity index (χ3n) is 2.50. The van der Waals surface area contributed by atoms with Crippen LogP contribution in [0.25, 0.3) is 11.4 Å². The highest BCUT2D eigenvalue weighted by molar-refractivity contribution is 6.16. The highest BCUT2D eigenvalue weighted by Crippen LogP contribution is 2.17. The zero-order valence-electron chi connectivity index (χ0n) is 9.75. The number of hydrogen-bond donors (Lipinski definition) is 1. The molecule has 2 rings (SSSR count). The van der Waals surface area contributed by atoms with E-state index >= 15 is 0 Å². The quantitative estimate of drug-likeness (QED) is 0.801. The molecule has 2 aromatic rings. The molecule has 1 aromatic heterocycles. The van der Waals surface area contributed by atoms with Crippen LogP contribution in [0.3, 0.4) is 0 Å². The SMILES string of the molecule is CN=CC(=C(N)n1cccc1)c1ccccc1. The lowest BCUT2D eigenvalue weighted by Gasteiger charge is -2.09. The van der Waals surface area contributed by atoms with Crippen LogP contribution in [-0.2, 0) is 0 Å². The molecule has 0 unspecified atom stereocenters. The first-order chi connectivity index (χ1) is 8.33. The minimum atomic E-state index is 0.673. The summed E-state index contributed by atoms with van der Waals surface area (Å²) in [5, 5.41) is 0. The maximum absolute atomic E-state index is 6.15. The van der Waals surface area contributed by atoms with Crippen LogP contribution in [0.2, 0.25) is 0 Å². The first kappa shape index (κ1) is 11.2. The Morgan fingerprint density at radius 3 is 2.35 bits per heavy atom. The number of nitrogens with zero attached hydrogens (tertiary/aromatic N) is 2. The predicted molar refractivity (Wildman–Crippen MR) is 72.6 cm³/mol. The Kier molecular flexibility index (Phi) is 3.40. The van der Waals surface area contributed by atoms with Gasteiger partial charge in [0.25, 0.3) is 0 Å². The Bertz CT molecular complexity index is 522. The molecule has 3 heteroatoms. The number of hydrogen-bond acceptors (Lipinski definition) is 2. The highest BCUT2D eigenvalue weighted by atomic mass is 15.0. The van der Waals surface area contributed by atoms with Gasteiger partial charge in [-0.15, -0.1) is 0 Å². The van der Waals surface area contributed by atoms with Crippen LogP contribution < -0.4 is 5.73 Å². The summed E-state index contributed by atoms with van der Waals surface area (Å²) in [6, 6.07) is 13.9. The van der Waals surface area contributed by atoms with E-state index in [-0.39, 0.29) is 0 Å². The molecule has 0 atom stereocenters. The van der Waals surface area contributed by atoms with Crippen molar-refractivity contribution in [1.29, 1.82) is 0 Å². The van der Waals surface area contributed by atoms with E-state index in [9.17, 15) is 0 Å². The van der Waals surface area contributed by atoms with Gasteiger partial charge in [-0.2, -0.15) is 0 Å². The monoisotopic (exact) mass is 225 g/mol. The summed E-state index contributed by atoms with van der Waals surface area (Å²) in [6.45, 7) is 0. The van der Waals surface area contributed by atoms with Crippen LogP contribution in [-0.4, -0.2) is 17.8 Å². The number of aliphatic imine (C=N–C) groups is 1. The molecule has 17 heavy (non-hydrogen) atoms. The van der Waals surface area contributed by atoms with Gasteiger partial charge in [0.15, 0.2) is 0 Å². The third-order valence-corrected chi connectivity index (χ3v) is 2.50. The molecule has 0 aliphatic rings. The molecule has 86 valence electrons. The maximum Gasteiger partial charge on any atom is 0.116 e. The Morgan fingerprint density at radius 2 is 1.76 bits per heavy atom. The Morgan fingerprint density at radius 1 is 1.12 bits per heavy atom. The first-order valence-electron chi connectivity index (χ1n) is 5.43. The van der Waals surface area contributed by atoms with Crippen molar-refractivity contribution >= 4 is 17.6 Å². The lowest BCUT2D eigenvalue weighted by atomic mass is 10.1. The number of benzene rings is 1. The van der Waals surface area contributed by atoms with Gasteiger partial charge in [0.2, 0.25) is 0 Å². The van der Waals surface area contributed by atoms with E-state index in [1.54, 1.807) is 13.3 Å². The minimum Gasteiger partial charge on any atom is -0.384 e. The fourth-order valence-corrected chi connectivity index (χ4v) is 1.67. The van der Waals surface area contributed by atoms with Crippen LogP contribution in [0.15, 0.2) is 59.9 Å². The second-order valence-electron chi connectivity index (χ2n) is 3.64. The van der Waals surface area contributed by atoms with Crippen LogP contribution in [0.5, 0.6) is 0 Å². The third kappa shape index (κ3) is 2.45. The molecule has 0 radical (unpaired) electrons. The summed E-state index contributed by atoms with van der Waals surface area (Å²) in [4.78, 5) is 4.07. The Balaban J connectivity index is 2.53. The van der Waals surface area contributed by atoms with Crippen LogP contribution >= 0.6 is 0 Å². The van der Waals surface area contributed by atoms with Gasteiger partial charge in [-0.3, -0.25) is 4.99 Å². The fourth-order valence-electron chi connectivity index (χ4n) is 1.67. The fraction of sp³-hybridized carbons (Fsp3) is 0.0714. The summed E-state index contributed by atoms with van der Waals surface area (Å²) in [6.07, 6.45) is 5.62. The summed E-state index contributed by atoms with van der Waals surface area (Å²) in [5.41, 5.74) is 8.13. The Hall–Kier alpha value is -2.29. The second kappa shape index (κ2) is 5.16. The van der Waals surface area contributed by atoms with Gasteiger partial charge in [0, 0.05) is 31.2 Å². The van der Waals surface area contributed by atoms with Gasteiger partial charge in [0.1, 0.15) is 5.82 Å². The Labute approximate surface area is 101 Å². The lowest BCUT2D eigenvalue weighted by Crippen LogP contribution is -2.08. The minimum absolute atomic E-state index is 0.673. The van der Waals surface area contributed by atoms with Crippen LogP contribution in [0.1, 0.15) is 5.56 Å². The van der Waals surface area contributed by atoms with Crippen molar-refractivity contribution in [3.05, 3.63) is 60.4 Å². The van der Waals surface area contributed by atoms with Crippen molar-refractivity contribution in [2.24, 2.45) is 10.7 Å².